The fourth-order valence-corrected chi connectivity index (χ4v) is 2.85. The minimum atomic E-state index is -0.268. The number of unbranched alkanes of at least 4 members (excludes halogenated alkanes) is 1. The number of hydrogen-bond donors (Lipinski definition) is 0. The smallest absolute Gasteiger partial charge is 0.348 e. The SMILES string of the molecule is CCCCc1ccc(-c2ccc(C(=O)OC)s2)cc1. The Balaban J connectivity index is 2.13. The minimum absolute atomic E-state index is 0.268. The Morgan fingerprint density at radius 3 is 2.53 bits per heavy atom. The second kappa shape index (κ2) is 6.53. The van der Waals surface area contributed by atoms with Gasteiger partial charge in [-0.1, -0.05) is 37.6 Å². The van der Waals surface area contributed by atoms with Crippen LogP contribution in [0.1, 0.15) is 35.0 Å². The van der Waals surface area contributed by atoms with Gasteiger partial charge in [0.25, 0.3) is 0 Å². The van der Waals surface area contributed by atoms with E-state index >= 15 is 0 Å². The van der Waals surface area contributed by atoms with Crippen molar-refractivity contribution >= 4 is 17.3 Å². The lowest BCUT2D eigenvalue weighted by molar-refractivity contribution is 0.0606. The zero-order valence-electron chi connectivity index (χ0n) is 11.3. The molecule has 0 spiro atoms. The van der Waals surface area contributed by atoms with Crippen LogP contribution in [0.2, 0.25) is 0 Å². The summed E-state index contributed by atoms with van der Waals surface area (Å²) in [5.74, 6) is -0.268. The maximum Gasteiger partial charge on any atom is 0.348 e. The van der Waals surface area contributed by atoms with Crippen molar-refractivity contribution in [2.24, 2.45) is 0 Å². The first-order chi connectivity index (χ1) is 9.24. The Bertz CT molecular complexity index is 540. The number of thiophene rings is 1. The third-order valence-corrected chi connectivity index (χ3v) is 4.16. The topological polar surface area (TPSA) is 26.3 Å². The van der Waals surface area contributed by atoms with Crippen molar-refractivity contribution < 1.29 is 9.53 Å². The molecule has 1 heterocycles. The molecular formula is C16H18O2S. The molecule has 0 aliphatic carbocycles. The number of esters is 1. The van der Waals surface area contributed by atoms with Gasteiger partial charge in [-0.3, -0.25) is 0 Å². The van der Waals surface area contributed by atoms with Gasteiger partial charge in [0.2, 0.25) is 0 Å². The van der Waals surface area contributed by atoms with Crippen molar-refractivity contribution in [3.63, 3.8) is 0 Å². The van der Waals surface area contributed by atoms with Gasteiger partial charge in [-0.25, -0.2) is 4.79 Å². The molecule has 0 unspecified atom stereocenters. The van der Waals surface area contributed by atoms with E-state index in [0.29, 0.717) is 4.88 Å². The van der Waals surface area contributed by atoms with Gasteiger partial charge in [-0.2, -0.15) is 0 Å². The second-order valence-corrected chi connectivity index (χ2v) is 5.54. The fourth-order valence-electron chi connectivity index (χ4n) is 1.92. The van der Waals surface area contributed by atoms with Crippen LogP contribution in [0, 0.1) is 0 Å². The molecule has 1 aromatic heterocycles. The molecule has 0 bridgehead atoms. The van der Waals surface area contributed by atoms with Gasteiger partial charge >= 0.3 is 5.97 Å². The van der Waals surface area contributed by atoms with Gasteiger partial charge in [0.05, 0.1) is 7.11 Å². The Hall–Kier alpha value is -1.61. The van der Waals surface area contributed by atoms with Gasteiger partial charge in [0.15, 0.2) is 0 Å². The zero-order valence-corrected chi connectivity index (χ0v) is 12.1. The van der Waals surface area contributed by atoms with E-state index in [4.69, 9.17) is 4.74 Å². The fraction of sp³-hybridized carbons (Fsp3) is 0.312. The predicted octanol–water partition coefficient (Wildman–Crippen LogP) is 4.54. The van der Waals surface area contributed by atoms with E-state index in [1.165, 1.54) is 36.9 Å². The molecular weight excluding hydrogens is 256 g/mol. The number of ether oxygens (including phenoxy) is 1. The van der Waals surface area contributed by atoms with Crippen LogP contribution in [0.4, 0.5) is 0 Å². The van der Waals surface area contributed by atoms with Crippen molar-refractivity contribution in [3.8, 4) is 10.4 Å². The van der Waals surface area contributed by atoms with Crippen LogP contribution in [0.3, 0.4) is 0 Å². The molecule has 0 radical (unpaired) electrons. The standard InChI is InChI=1S/C16H18O2S/c1-3-4-5-12-6-8-13(9-7-12)14-10-11-15(19-14)16(17)18-2/h6-11H,3-5H2,1-2H3. The van der Waals surface area contributed by atoms with Gasteiger partial charge in [-0.05, 0) is 36.1 Å². The molecule has 19 heavy (non-hydrogen) atoms. The minimum Gasteiger partial charge on any atom is -0.465 e. The van der Waals surface area contributed by atoms with Gasteiger partial charge in [0, 0.05) is 4.88 Å². The van der Waals surface area contributed by atoms with Crippen LogP contribution < -0.4 is 0 Å². The molecule has 0 N–H and O–H groups in total. The summed E-state index contributed by atoms with van der Waals surface area (Å²) in [5.41, 5.74) is 2.52. The largest absolute Gasteiger partial charge is 0.465 e. The predicted molar refractivity (Wildman–Crippen MR) is 79.7 cm³/mol. The van der Waals surface area contributed by atoms with Crippen LogP contribution in [-0.4, -0.2) is 13.1 Å². The van der Waals surface area contributed by atoms with Crippen LogP contribution >= 0.6 is 11.3 Å². The molecule has 0 saturated carbocycles. The highest BCUT2D eigenvalue weighted by Crippen LogP contribution is 2.28. The van der Waals surface area contributed by atoms with Gasteiger partial charge < -0.3 is 4.74 Å². The highest BCUT2D eigenvalue weighted by Gasteiger charge is 2.09. The summed E-state index contributed by atoms with van der Waals surface area (Å²) in [7, 11) is 1.41. The normalized spacial score (nSPS) is 10.4. The van der Waals surface area contributed by atoms with Crippen molar-refractivity contribution in [2.45, 2.75) is 26.2 Å². The lowest BCUT2D eigenvalue weighted by Gasteiger charge is -2.02. The maximum absolute atomic E-state index is 11.4. The molecule has 3 heteroatoms. The Morgan fingerprint density at radius 2 is 1.89 bits per heavy atom. The van der Waals surface area contributed by atoms with Crippen molar-refractivity contribution in [2.75, 3.05) is 7.11 Å². The van der Waals surface area contributed by atoms with Crippen molar-refractivity contribution in [3.05, 3.63) is 46.8 Å². The van der Waals surface area contributed by atoms with E-state index in [9.17, 15) is 4.79 Å². The van der Waals surface area contributed by atoms with E-state index < -0.39 is 0 Å². The summed E-state index contributed by atoms with van der Waals surface area (Å²) >= 11 is 1.47. The van der Waals surface area contributed by atoms with Crippen LogP contribution in [0.5, 0.6) is 0 Å². The first-order valence-electron chi connectivity index (χ1n) is 6.52. The molecule has 2 aromatic rings. The molecule has 0 aliphatic rings. The molecule has 0 atom stereocenters. The Kier molecular flexibility index (Phi) is 4.74. The van der Waals surface area contributed by atoms with E-state index in [1.54, 1.807) is 0 Å². The van der Waals surface area contributed by atoms with E-state index in [1.807, 2.05) is 12.1 Å². The molecule has 1 aromatic carbocycles. The molecule has 0 amide bonds. The molecule has 0 aliphatic heterocycles. The molecule has 100 valence electrons. The van der Waals surface area contributed by atoms with E-state index in [2.05, 4.69) is 31.2 Å². The number of hydrogen-bond acceptors (Lipinski definition) is 3. The highest BCUT2D eigenvalue weighted by atomic mass is 32.1. The molecule has 2 nitrogen and oxygen atoms in total. The first kappa shape index (κ1) is 13.8. The number of rotatable bonds is 5. The molecule has 2 rings (SSSR count). The number of carbonyl (C=O) groups excluding carboxylic acids is 1. The lowest BCUT2D eigenvalue weighted by Crippen LogP contribution is -1.96. The van der Waals surface area contributed by atoms with Gasteiger partial charge in [0.1, 0.15) is 4.88 Å². The van der Waals surface area contributed by atoms with Gasteiger partial charge in [-0.15, -0.1) is 11.3 Å². The maximum atomic E-state index is 11.4. The average molecular weight is 274 g/mol. The lowest BCUT2D eigenvalue weighted by atomic mass is 10.1. The Morgan fingerprint density at radius 1 is 1.16 bits per heavy atom. The number of benzene rings is 1. The quantitative estimate of drug-likeness (QED) is 0.748. The summed E-state index contributed by atoms with van der Waals surface area (Å²) in [6, 6.07) is 12.4. The van der Waals surface area contributed by atoms with Crippen LogP contribution in [0.25, 0.3) is 10.4 Å². The average Bonchev–Trinajstić information content (AvgIpc) is 2.94. The first-order valence-corrected chi connectivity index (χ1v) is 7.33. The summed E-state index contributed by atoms with van der Waals surface area (Å²) in [4.78, 5) is 13.2. The number of carbonyl (C=O) groups is 1. The van der Waals surface area contributed by atoms with Crippen molar-refractivity contribution in [1.82, 2.24) is 0 Å². The van der Waals surface area contributed by atoms with Crippen LogP contribution in [-0.2, 0) is 11.2 Å². The highest BCUT2D eigenvalue weighted by molar-refractivity contribution is 7.17. The zero-order chi connectivity index (χ0) is 13.7. The summed E-state index contributed by atoms with van der Waals surface area (Å²) in [5, 5.41) is 0. The van der Waals surface area contributed by atoms with E-state index in [0.717, 1.165) is 16.9 Å². The third-order valence-electron chi connectivity index (χ3n) is 3.05. The van der Waals surface area contributed by atoms with E-state index in [-0.39, 0.29) is 5.97 Å². The third kappa shape index (κ3) is 3.44. The van der Waals surface area contributed by atoms with Crippen LogP contribution in [0.15, 0.2) is 36.4 Å². The molecule has 0 fully saturated rings. The summed E-state index contributed by atoms with van der Waals surface area (Å²) in [6.45, 7) is 2.20. The summed E-state index contributed by atoms with van der Waals surface area (Å²) in [6.07, 6.45) is 3.58. The van der Waals surface area contributed by atoms with Crippen molar-refractivity contribution in [1.29, 1.82) is 0 Å². The number of aryl methyl sites for hydroxylation is 1. The second-order valence-electron chi connectivity index (χ2n) is 4.46. The Labute approximate surface area is 118 Å². The monoisotopic (exact) mass is 274 g/mol. The molecule has 0 saturated heterocycles. The number of methoxy groups -OCH3 is 1. The summed E-state index contributed by atoms with van der Waals surface area (Å²) < 4.78 is 4.72.